The maximum Gasteiger partial charge on any atom is 0.251 e. The van der Waals surface area contributed by atoms with Crippen molar-refractivity contribution < 1.29 is 4.79 Å². The van der Waals surface area contributed by atoms with Crippen LogP contribution in [-0.4, -0.2) is 22.4 Å². The first-order chi connectivity index (χ1) is 10.6. The third-order valence-electron chi connectivity index (χ3n) is 3.60. The Morgan fingerprint density at radius 2 is 2.05 bits per heavy atom. The zero-order valence-electron chi connectivity index (χ0n) is 12.3. The molecule has 2 aromatic heterocycles. The first kappa shape index (κ1) is 14.1. The lowest BCUT2D eigenvalue weighted by Crippen LogP contribution is -2.27. The first-order valence-corrected chi connectivity index (χ1v) is 7.17. The van der Waals surface area contributed by atoms with Gasteiger partial charge in [-0.3, -0.25) is 9.59 Å². The molecule has 3 aromatic rings. The number of amides is 1. The lowest BCUT2D eigenvalue weighted by atomic mass is 10.1. The molecule has 0 radical (unpaired) electrons. The fourth-order valence-corrected chi connectivity index (χ4v) is 2.56. The van der Waals surface area contributed by atoms with E-state index in [2.05, 4.69) is 21.4 Å². The third kappa shape index (κ3) is 2.93. The number of benzene rings is 1. The van der Waals surface area contributed by atoms with Gasteiger partial charge in [-0.15, -0.1) is 0 Å². The lowest BCUT2D eigenvalue weighted by molar-refractivity contribution is 0.0954. The molecule has 2 heterocycles. The van der Waals surface area contributed by atoms with Crippen LogP contribution in [0.25, 0.3) is 10.9 Å². The van der Waals surface area contributed by atoms with Crippen molar-refractivity contribution in [3.8, 4) is 0 Å². The molecule has 0 saturated heterocycles. The molecule has 5 nitrogen and oxygen atoms in total. The summed E-state index contributed by atoms with van der Waals surface area (Å²) >= 11 is 0. The number of para-hydroxylation sites is 1. The predicted molar refractivity (Wildman–Crippen MR) is 86.1 cm³/mol. The number of aromatic amines is 2. The summed E-state index contributed by atoms with van der Waals surface area (Å²) in [5, 5.41) is 4.02. The Balaban J connectivity index is 1.65. The van der Waals surface area contributed by atoms with Gasteiger partial charge < -0.3 is 15.3 Å². The molecular formula is C17H17N3O2. The van der Waals surface area contributed by atoms with E-state index in [9.17, 15) is 9.59 Å². The van der Waals surface area contributed by atoms with Gasteiger partial charge in [0.05, 0.1) is 0 Å². The molecule has 0 aliphatic rings. The number of aryl methyl sites for hydroxylation is 1. The van der Waals surface area contributed by atoms with E-state index in [4.69, 9.17) is 0 Å². The van der Waals surface area contributed by atoms with E-state index >= 15 is 0 Å². The summed E-state index contributed by atoms with van der Waals surface area (Å²) < 4.78 is 0. The molecule has 0 atom stereocenters. The van der Waals surface area contributed by atoms with Gasteiger partial charge in [-0.25, -0.2) is 0 Å². The SMILES string of the molecule is Cc1cc(C(=O)NCCc2c[nH]c3ccccc23)cc(=O)[nH]1. The van der Waals surface area contributed by atoms with Crippen LogP contribution in [0.1, 0.15) is 21.6 Å². The van der Waals surface area contributed by atoms with E-state index in [0.717, 1.165) is 17.5 Å². The minimum absolute atomic E-state index is 0.228. The Morgan fingerprint density at radius 3 is 2.86 bits per heavy atom. The highest BCUT2D eigenvalue weighted by Crippen LogP contribution is 2.17. The summed E-state index contributed by atoms with van der Waals surface area (Å²) in [6.45, 7) is 2.27. The number of aromatic nitrogens is 2. The van der Waals surface area contributed by atoms with Crippen LogP contribution < -0.4 is 10.9 Å². The van der Waals surface area contributed by atoms with Crippen molar-refractivity contribution in [2.75, 3.05) is 6.54 Å². The van der Waals surface area contributed by atoms with Crippen molar-refractivity contribution in [2.45, 2.75) is 13.3 Å². The van der Waals surface area contributed by atoms with Crippen molar-refractivity contribution in [1.29, 1.82) is 0 Å². The molecule has 1 amide bonds. The Hall–Kier alpha value is -2.82. The van der Waals surface area contributed by atoms with Crippen molar-refractivity contribution in [2.24, 2.45) is 0 Å². The second-order valence-corrected chi connectivity index (χ2v) is 5.28. The van der Waals surface area contributed by atoms with Crippen LogP contribution >= 0.6 is 0 Å². The van der Waals surface area contributed by atoms with Gasteiger partial charge in [-0.05, 0) is 31.0 Å². The van der Waals surface area contributed by atoms with Crippen LogP contribution in [0, 0.1) is 6.92 Å². The summed E-state index contributed by atoms with van der Waals surface area (Å²) in [6, 6.07) is 11.0. The van der Waals surface area contributed by atoms with Gasteiger partial charge in [0.1, 0.15) is 0 Å². The van der Waals surface area contributed by atoms with E-state index < -0.39 is 0 Å². The number of H-pyrrole nitrogens is 2. The molecule has 0 bridgehead atoms. The predicted octanol–water partition coefficient (Wildman–Crippen LogP) is 2.14. The average Bonchev–Trinajstić information content (AvgIpc) is 2.90. The van der Waals surface area contributed by atoms with Crippen molar-refractivity contribution in [1.82, 2.24) is 15.3 Å². The number of nitrogens with one attached hydrogen (secondary N) is 3. The molecule has 3 rings (SSSR count). The second-order valence-electron chi connectivity index (χ2n) is 5.28. The molecule has 22 heavy (non-hydrogen) atoms. The Labute approximate surface area is 127 Å². The van der Waals surface area contributed by atoms with Crippen LogP contribution in [0.5, 0.6) is 0 Å². The summed E-state index contributed by atoms with van der Waals surface area (Å²) in [5.74, 6) is -0.228. The number of carbonyl (C=O) groups is 1. The Kier molecular flexibility index (Phi) is 3.78. The van der Waals surface area contributed by atoms with Crippen LogP contribution in [0.3, 0.4) is 0 Å². The standard InChI is InChI=1S/C17H17N3O2/c1-11-8-13(9-16(21)20-11)17(22)18-7-6-12-10-19-15-5-3-2-4-14(12)15/h2-5,8-10,19H,6-7H2,1H3,(H,18,22)(H,20,21). The normalized spacial score (nSPS) is 10.8. The zero-order chi connectivity index (χ0) is 15.5. The molecule has 0 saturated carbocycles. The monoisotopic (exact) mass is 295 g/mol. The van der Waals surface area contributed by atoms with Gasteiger partial charge in [0.15, 0.2) is 0 Å². The summed E-state index contributed by atoms with van der Waals surface area (Å²) in [5.41, 5.74) is 3.06. The van der Waals surface area contributed by atoms with E-state index in [1.807, 2.05) is 24.4 Å². The number of pyridine rings is 1. The molecule has 0 aliphatic heterocycles. The number of rotatable bonds is 4. The average molecular weight is 295 g/mol. The third-order valence-corrected chi connectivity index (χ3v) is 3.60. The highest BCUT2D eigenvalue weighted by atomic mass is 16.2. The van der Waals surface area contributed by atoms with Crippen molar-refractivity contribution in [3.63, 3.8) is 0 Å². The van der Waals surface area contributed by atoms with E-state index in [-0.39, 0.29) is 11.5 Å². The topological polar surface area (TPSA) is 77.8 Å². The maximum atomic E-state index is 12.1. The van der Waals surface area contributed by atoms with Crippen LogP contribution in [0.2, 0.25) is 0 Å². The lowest BCUT2D eigenvalue weighted by Gasteiger charge is -2.05. The molecular weight excluding hydrogens is 278 g/mol. The molecule has 0 fully saturated rings. The van der Waals surface area contributed by atoms with Crippen molar-refractivity contribution >= 4 is 16.8 Å². The van der Waals surface area contributed by atoms with Gasteiger partial charge in [0.25, 0.3) is 5.91 Å². The minimum atomic E-state index is -0.262. The first-order valence-electron chi connectivity index (χ1n) is 7.17. The van der Waals surface area contributed by atoms with Crippen molar-refractivity contribution in [3.05, 3.63) is 69.8 Å². The molecule has 0 unspecified atom stereocenters. The van der Waals surface area contributed by atoms with E-state index in [1.165, 1.54) is 11.5 Å². The summed E-state index contributed by atoms with van der Waals surface area (Å²) in [4.78, 5) is 29.3. The molecule has 0 spiro atoms. The molecule has 1 aromatic carbocycles. The number of hydrogen-bond donors (Lipinski definition) is 3. The summed E-state index contributed by atoms with van der Waals surface area (Å²) in [7, 11) is 0. The van der Waals surface area contributed by atoms with Gasteiger partial charge in [-0.2, -0.15) is 0 Å². The summed E-state index contributed by atoms with van der Waals surface area (Å²) in [6.07, 6.45) is 2.70. The van der Waals surface area contributed by atoms with E-state index in [0.29, 0.717) is 17.8 Å². The quantitative estimate of drug-likeness (QED) is 0.689. The Bertz CT molecular complexity index is 877. The van der Waals surface area contributed by atoms with Gasteiger partial charge in [0.2, 0.25) is 5.56 Å². The zero-order valence-corrected chi connectivity index (χ0v) is 12.3. The highest BCUT2D eigenvalue weighted by Gasteiger charge is 2.08. The maximum absolute atomic E-state index is 12.1. The molecule has 112 valence electrons. The smallest absolute Gasteiger partial charge is 0.251 e. The molecule has 0 aliphatic carbocycles. The van der Waals surface area contributed by atoms with E-state index in [1.54, 1.807) is 13.0 Å². The van der Waals surface area contributed by atoms with Crippen LogP contribution in [0.15, 0.2) is 47.4 Å². The van der Waals surface area contributed by atoms with Crippen LogP contribution in [0.4, 0.5) is 0 Å². The molecule has 3 N–H and O–H groups in total. The fourth-order valence-electron chi connectivity index (χ4n) is 2.56. The van der Waals surface area contributed by atoms with Crippen LogP contribution in [-0.2, 0) is 6.42 Å². The van der Waals surface area contributed by atoms with Gasteiger partial charge in [-0.1, -0.05) is 18.2 Å². The van der Waals surface area contributed by atoms with Gasteiger partial charge >= 0.3 is 0 Å². The number of hydrogen-bond acceptors (Lipinski definition) is 2. The number of fused-ring (bicyclic) bond motifs is 1. The highest BCUT2D eigenvalue weighted by molar-refractivity contribution is 5.94. The number of carbonyl (C=O) groups excluding carboxylic acids is 1. The fraction of sp³-hybridized carbons (Fsp3) is 0.176. The largest absolute Gasteiger partial charge is 0.361 e. The Morgan fingerprint density at radius 1 is 1.23 bits per heavy atom. The molecule has 5 heteroatoms. The minimum Gasteiger partial charge on any atom is -0.361 e. The van der Waals surface area contributed by atoms with Gasteiger partial charge in [0, 0.05) is 41.0 Å². The second kappa shape index (κ2) is 5.89.